The summed E-state index contributed by atoms with van der Waals surface area (Å²) in [6, 6.07) is 7.29. The Balaban J connectivity index is 2.10. The van der Waals surface area contributed by atoms with Gasteiger partial charge in [0.1, 0.15) is 5.00 Å². The minimum Gasteiger partial charge on any atom is -0.462 e. The van der Waals surface area contributed by atoms with Crippen molar-refractivity contribution < 1.29 is 19.1 Å². The molecule has 0 spiro atoms. The number of benzene rings is 1. The minimum absolute atomic E-state index is 0.0401. The van der Waals surface area contributed by atoms with Gasteiger partial charge in [0.2, 0.25) is 5.91 Å². The smallest absolute Gasteiger partial charge is 0.341 e. The molecule has 0 bridgehead atoms. The molecule has 0 unspecified atom stereocenters. The van der Waals surface area contributed by atoms with E-state index in [4.69, 9.17) is 16.3 Å². The van der Waals surface area contributed by atoms with E-state index in [0.717, 1.165) is 16.9 Å². The maximum atomic E-state index is 12.4. The number of amides is 1. The third kappa shape index (κ3) is 5.41. The van der Waals surface area contributed by atoms with E-state index in [2.05, 4.69) is 10.6 Å². The van der Waals surface area contributed by atoms with Crippen LogP contribution in [0.2, 0.25) is 5.02 Å². The van der Waals surface area contributed by atoms with Crippen molar-refractivity contribution in [3.05, 3.63) is 50.9 Å². The fraction of sp³-hybridized carbons (Fsp3) is 0.350. The van der Waals surface area contributed by atoms with Crippen LogP contribution < -0.4 is 10.6 Å². The summed E-state index contributed by atoms with van der Waals surface area (Å²) in [6.07, 6.45) is 0. The molecule has 1 aromatic carbocycles. The fourth-order valence-corrected chi connectivity index (χ4v) is 3.90. The lowest BCUT2D eigenvalue weighted by atomic mass is 10.1. The van der Waals surface area contributed by atoms with Gasteiger partial charge in [0.15, 0.2) is 5.78 Å². The van der Waals surface area contributed by atoms with Gasteiger partial charge in [-0.05, 0) is 51.0 Å². The highest BCUT2D eigenvalue weighted by Crippen LogP contribution is 2.34. The molecule has 0 saturated carbocycles. The number of ketones is 1. The lowest BCUT2D eigenvalue weighted by Gasteiger charge is -2.14. The number of anilines is 1. The number of esters is 1. The average Bonchev–Trinajstić information content (AvgIpc) is 2.96. The maximum Gasteiger partial charge on any atom is 0.341 e. The van der Waals surface area contributed by atoms with Crippen molar-refractivity contribution in [1.82, 2.24) is 5.32 Å². The summed E-state index contributed by atoms with van der Waals surface area (Å²) in [6.45, 7) is 6.98. The first-order valence-electron chi connectivity index (χ1n) is 8.84. The summed E-state index contributed by atoms with van der Waals surface area (Å²) < 4.78 is 5.07. The average molecular weight is 423 g/mol. The van der Waals surface area contributed by atoms with Crippen molar-refractivity contribution in [2.24, 2.45) is 0 Å². The summed E-state index contributed by atoms with van der Waals surface area (Å²) in [4.78, 5) is 36.9. The normalized spacial score (nSPS) is 11.8. The van der Waals surface area contributed by atoms with Crippen LogP contribution in [0.15, 0.2) is 24.3 Å². The van der Waals surface area contributed by atoms with Crippen molar-refractivity contribution in [2.45, 2.75) is 33.7 Å². The molecule has 0 saturated heterocycles. The predicted octanol–water partition coefficient (Wildman–Crippen LogP) is 4.38. The van der Waals surface area contributed by atoms with Gasteiger partial charge in [0, 0.05) is 11.1 Å². The Morgan fingerprint density at radius 1 is 1.21 bits per heavy atom. The molecule has 2 aromatic rings. The predicted molar refractivity (Wildman–Crippen MR) is 112 cm³/mol. The molecule has 1 atom stereocenters. The number of carbonyl (C=O) groups is 3. The van der Waals surface area contributed by atoms with Crippen molar-refractivity contribution >= 4 is 45.6 Å². The van der Waals surface area contributed by atoms with E-state index in [0.29, 0.717) is 20.5 Å². The lowest BCUT2D eigenvalue weighted by molar-refractivity contribution is -0.115. The van der Waals surface area contributed by atoms with E-state index in [1.54, 1.807) is 26.0 Å². The van der Waals surface area contributed by atoms with Gasteiger partial charge in [0.05, 0.1) is 23.6 Å². The highest BCUT2D eigenvalue weighted by atomic mass is 35.5. The first-order valence-corrected chi connectivity index (χ1v) is 10.0. The van der Waals surface area contributed by atoms with E-state index in [9.17, 15) is 14.4 Å². The van der Waals surface area contributed by atoms with Crippen LogP contribution in [0.25, 0.3) is 0 Å². The molecule has 8 heteroatoms. The van der Waals surface area contributed by atoms with E-state index < -0.39 is 5.97 Å². The Bertz CT molecular complexity index is 877. The van der Waals surface area contributed by atoms with Crippen LogP contribution in [0.4, 0.5) is 5.00 Å². The highest BCUT2D eigenvalue weighted by Gasteiger charge is 2.25. The second-order valence-electron chi connectivity index (χ2n) is 6.24. The Kier molecular flexibility index (Phi) is 7.74. The monoisotopic (exact) mass is 422 g/mol. The molecular weight excluding hydrogens is 400 g/mol. The van der Waals surface area contributed by atoms with Crippen LogP contribution in [-0.4, -0.2) is 30.8 Å². The van der Waals surface area contributed by atoms with Gasteiger partial charge in [0.25, 0.3) is 0 Å². The van der Waals surface area contributed by atoms with Crippen LogP contribution in [0.3, 0.4) is 0 Å². The summed E-state index contributed by atoms with van der Waals surface area (Å²) in [7, 11) is 0. The van der Waals surface area contributed by atoms with Crippen molar-refractivity contribution in [3.63, 3.8) is 0 Å². The standard InChI is InChI=1S/C20H23ClN2O4S/c1-5-27-20(26)17-11(2)18(13(4)24)28-19(17)23-16(25)10-22-12(3)14-6-8-15(21)9-7-14/h6-9,12,22H,5,10H2,1-4H3,(H,23,25)/t12-/m0/s1. The molecule has 2 N–H and O–H groups in total. The Morgan fingerprint density at radius 2 is 1.86 bits per heavy atom. The number of halogens is 1. The zero-order valence-corrected chi connectivity index (χ0v) is 17.8. The van der Waals surface area contributed by atoms with Gasteiger partial charge in [-0.15, -0.1) is 11.3 Å². The van der Waals surface area contributed by atoms with Gasteiger partial charge in [-0.2, -0.15) is 0 Å². The van der Waals surface area contributed by atoms with Crippen LogP contribution in [0.5, 0.6) is 0 Å². The largest absolute Gasteiger partial charge is 0.462 e. The highest BCUT2D eigenvalue weighted by molar-refractivity contribution is 7.18. The maximum absolute atomic E-state index is 12.4. The molecule has 0 fully saturated rings. The number of hydrogen-bond acceptors (Lipinski definition) is 6. The molecule has 0 aliphatic heterocycles. The molecule has 0 radical (unpaired) electrons. The van der Waals surface area contributed by atoms with Crippen molar-refractivity contribution in [1.29, 1.82) is 0 Å². The van der Waals surface area contributed by atoms with Gasteiger partial charge >= 0.3 is 5.97 Å². The SMILES string of the molecule is CCOC(=O)c1c(NC(=O)CN[C@@H](C)c2ccc(Cl)cc2)sc(C(C)=O)c1C. The number of thiophene rings is 1. The number of hydrogen-bond donors (Lipinski definition) is 2. The zero-order chi connectivity index (χ0) is 20.8. The van der Waals surface area contributed by atoms with E-state index >= 15 is 0 Å². The summed E-state index contributed by atoms with van der Waals surface area (Å²) in [5, 5.41) is 6.82. The Morgan fingerprint density at radius 3 is 2.43 bits per heavy atom. The molecule has 0 aliphatic carbocycles. The molecule has 1 aromatic heterocycles. The second kappa shape index (κ2) is 9.82. The molecule has 28 heavy (non-hydrogen) atoms. The number of Topliss-reactive ketones (excluding diaryl/α,β-unsaturated/α-hetero) is 1. The second-order valence-corrected chi connectivity index (χ2v) is 7.70. The fourth-order valence-electron chi connectivity index (χ4n) is 2.67. The quantitative estimate of drug-likeness (QED) is 0.487. The van der Waals surface area contributed by atoms with Crippen LogP contribution in [0.1, 0.15) is 58.0 Å². The summed E-state index contributed by atoms with van der Waals surface area (Å²) in [5.41, 5.74) is 1.75. The van der Waals surface area contributed by atoms with Gasteiger partial charge < -0.3 is 15.4 Å². The topological polar surface area (TPSA) is 84.5 Å². The van der Waals surface area contributed by atoms with Crippen LogP contribution in [0, 0.1) is 6.92 Å². The first kappa shape index (κ1) is 22.1. The Labute approximate surface area is 173 Å². The van der Waals surface area contributed by atoms with Crippen LogP contribution in [-0.2, 0) is 9.53 Å². The molecule has 1 amide bonds. The van der Waals surface area contributed by atoms with E-state index in [1.807, 2.05) is 19.1 Å². The van der Waals surface area contributed by atoms with Gasteiger partial charge in [-0.1, -0.05) is 23.7 Å². The Hall–Kier alpha value is -2.22. The number of ether oxygens (including phenoxy) is 1. The summed E-state index contributed by atoms with van der Waals surface area (Å²) >= 11 is 6.97. The summed E-state index contributed by atoms with van der Waals surface area (Å²) in [5.74, 6) is -1.03. The molecule has 150 valence electrons. The third-order valence-corrected chi connectivity index (χ3v) is 5.70. The lowest BCUT2D eigenvalue weighted by Crippen LogP contribution is -2.30. The number of rotatable bonds is 8. The molecule has 6 nitrogen and oxygen atoms in total. The molecule has 0 aliphatic rings. The van der Waals surface area contributed by atoms with Crippen LogP contribution >= 0.6 is 22.9 Å². The van der Waals surface area contributed by atoms with Crippen molar-refractivity contribution in [2.75, 3.05) is 18.5 Å². The van der Waals surface area contributed by atoms with Gasteiger partial charge in [-0.3, -0.25) is 9.59 Å². The molecule has 2 rings (SSSR count). The number of carbonyl (C=O) groups excluding carboxylic acids is 3. The van der Waals surface area contributed by atoms with E-state index in [-0.39, 0.29) is 36.4 Å². The number of nitrogens with one attached hydrogen (secondary N) is 2. The zero-order valence-electron chi connectivity index (χ0n) is 16.2. The molecular formula is C20H23ClN2O4S. The van der Waals surface area contributed by atoms with Gasteiger partial charge in [-0.25, -0.2) is 4.79 Å². The first-order chi connectivity index (χ1) is 13.2. The minimum atomic E-state index is -0.554. The molecule has 1 heterocycles. The van der Waals surface area contributed by atoms with Crippen molar-refractivity contribution in [3.8, 4) is 0 Å². The van der Waals surface area contributed by atoms with E-state index in [1.165, 1.54) is 6.92 Å². The third-order valence-electron chi connectivity index (χ3n) is 4.14.